The summed E-state index contributed by atoms with van der Waals surface area (Å²) in [6, 6.07) is -0.211. The second-order valence-corrected chi connectivity index (χ2v) is 4.42. The summed E-state index contributed by atoms with van der Waals surface area (Å²) in [6.45, 7) is 6.53. The largest absolute Gasteiger partial charge is 0.383 e. The zero-order valence-corrected chi connectivity index (χ0v) is 10.4. The number of methoxy groups -OCH3 is 1. The topological polar surface area (TPSA) is 64.8 Å². The van der Waals surface area contributed by atoms with Crippen molar-refractivity contribution < 1.29 is 14.3 Å². The van der Waals surface area contributed by atoms with Gasteiger partial charge >= 0.3 is 0 Å². The van der Waals surface area contributed by atoms with E-state index in [0.717, 1.165) is 0 Å². The van der Waals surface area contributed by atoms with Crippen molar-refractivity contribution in [2.45, 2.75) is 19.9 Å². The summed E-state index contributed by atoms with van der Waals surface area (Å²) in [5.41, 5.74) is 5.35. The van der Waals surface area contributed by atoms with Gasteiger partial charge in [-0.15, -0.1) is 0 Å². The Balaban J connectivity index is 2.66. The van der Waals surface area contributed by atoms with Gasteiger partial charge in [0.25, 0.3) is 0 Å². The van der Waals surface area contributed by atoms with E-state index in [4.69, 9.17) is 15.2 Å². The third-order valence-electron chi connectivity index (χ3n) is 3.24. The Morgan fingerprint density at radius 3 is 2.81 bits per heavy atom. The van der Waals surface area contributed by atoms with E-state index in [1.807, 2.05) is 13.8 Å². The van der Waals surface area contributed by atoms with Crippen molar-refractivity contribution in [2.24, 2.45) is 11.1 Å². The molecule has 0 aromatic carbocycles. The molecule has 16 heavy (non-hydrogen) atoms. The summed E-state index contributed by atoms with van der Waals surface area (Å²) in [4.78, 5) is 14.1. The van der Waals surface area contributed by atoms with Crippen LogP contribution in [0.15, 0.2) is 0 Å². The smallest absolute Gasteiger partial charge is 0.232 e. The van der Waals surface area contributed by atoms with Gasteiger partial charge in [0.05, 0.1) is 25.2 Å². The standard InChI is InChI=1S/C11H22N2O3/c1-4-13(5-6-15-3)10(14)11(2)8-16-7-9(11)12/h9H,4-8,12H2,1-3H3. The number of carbonyl (C=O) groups excluding carboxylic acids is 1. The number of hydrogen-bond donors (Lipinski definition) is 1. The molecular weight excluding hydrogens is 208 g/mol. The van der Waals surface area contributed by atoms with Gasteiger partial charge < -0.3 is 20.1 Å². The summed E-state index contributed by atoms with van der Waals surface area (Å²) < 4.78 is 10.3. The molecule has 1 fully saturated rings. The fourth-order valence-electron chi connectivity index (χ4n) is 1.88. The molecule has 2 N–H and O–H groups in total. The zero-order chi connectivity index (χ0) is 12.2. The van der Waals surface area contributed by atoms with E-state index >= 15 is 0 Å². The molecule has 0 aromatic rings. The van der Waals surface area contributed by atoms with Crippen LogP contribution in [-0.4, -0.2) is 56.9 Å². The molecule has 1 amide bonds. The van der Waals surface area contributed by atoms with Gasteiger partial charge in [-0.25, -0.2) is 0 Å². The number of hydrogen-bond acceptors (Lipinski definition) is 4. The predicted molar refractivity (Wildman–Crippen MR) is 61.0 cm³/mol. The molecule has 0 radical (unpaired) electrons. The number of rotatable bonds is 5. The highest BCUT2D eigenvalue weighted by Gasteiger charge is 2.45. The van der Waals surface area contributed by atoms with Crippen molar-refractivity contribution in [2.75, 3.05) is 40.0 Å². The molecule has 2 unspecified atom stereocenters. The minimum absolute atomic E-state index is 0.0667. The van der Waals surface area contributed by atoms with Crippen LogP contribution in [0, 0.1) is 5.41 Å². The molecule has 94 valence electrons. The average Bonchev–Trinajstić information content (AvgIpc) is 2.61. The molecule has 1 heterocycles. The number of carbonyl (C=O) groups is 1. The van der Waals surface area contributed by atoms with E-state index < -0.39 is 5.41 Å². The van der Waals surface area contributed by atoms with Crippen molar-refractivity contribution >= 4 is 5.91 Å². The van der Waals surface area contributed by atoms with Crippen molar-refractivity contribution in [1.29, 1.82) is 0 Å². The number of nitrogens with zero attached hydrogens (tertiary/aromatic N) is 1. The first-order valence-electron chi connectivity index (χ1n) is 5.68. The third kappa shape index (κ3) is 2.53. The molecule has 2 atom stereocenters. The Kier molecular flexibility index (Phi) is 4.70. The Bertz CT molecular complexity index is 247. The Hall–Kier alpha value is -0.650. The molecule has 0 spiro atoms. The fourth-order valence-corrected chi connectivity index (χ4v) is 1.88. The lowest BCUT2D eigenvalue weighted by molar-refractivity contribution is -0.142. The fraction of sp³-hybridized carbons (Fsp3) is 0.909. The SMILES string of the molecule is CCN(CCOC)C(=O)C1(C)COCC1N. The highest BCUT2D eigenvalue weighted by Crippen LogP contribution is 2.29. The zero-order valence-electron chi connectivity index (χ0n) is 10.4. The van der Waals surface area contributed by atoms with E-state index in [2.05, 4.69) is 0 Å². The number of ether oxygens (including phenoxy) is 2. The minimum atomic E-state index is -0.580. The van der Waals surface area contributed by atoms with Crippen LogP contribution < -0.4 is 5.73 Å². The van der Waals surface area contributed by atoms with Crippen molar-refractivity contribution in [3.05, 3.63) is 0 Å². The summed E-state index contributed by atoms with van der Waals surface area (Å²) in [5, 5.41) is 0. The molecule has 1 aliphatic heterocycles. The van der Waals surface area contributed by atoms with Crippen LogP contribution in [0.25, 0.3) is 0 Å². The quantitative estimate of drug-likeness (QED) is 0.713. The van der Waals surface area contributed by atoms with Gasteiger partial charge in [-0.1, -0.05) is 0 Å². The first-order chi connectivity index (χ1) is 7.56. The predicted octanol–water partition coefficient (Wildman–Crippen LogP) is -0.155. The first-order valence-corrected chi connectivity index (χ1v) is 5.68. The van der Waals surface area contributed by atoms with Gasteiger partial charge in [0.2, 0.25) is 5.91 Å². The number of nitrogens with two attached hydrogens (primary N) is 1. The molecule has 0 saturated carbocycles. The second kappa shape index (κ2) is 5.61. The van der Waals surface area contributed by atoms with Crippen molar-refractivity contribution in [3.8, 4) is 0 Å². The molecule has 0 aliphatic carbocycles. The van der Waals surface area contributed by atoms with Gasteiger partial charge in [0.15, 0.2) is 0 Å². The maximum Gasteiger partial charge on any atom is 0.232 e. The van der Waals surface area contributed by atoms with E-state index in [9.17, 15) is 4.79 Å². The maximum atomic E-state index is 12.3. The minimum Gasteiger partial charge on any atom is -0.383 e. The lowest BCUT2D eigenvalue weighted by atomic mass is 9.84. The Labute approximate surface area is 96.9 Å². The summed E-state index contributed by atoms with van der Waals surface area (Å²) in [6.07, 6.45) is 0. The van der Waals surface area contributed by atoms with E-state index in [1.165, 1.54) is 0 Å². The number of likely N-dealkylation sites (N-methyl/N-ethyl adjacent to an activating group) is 1. The summed E-state index contributed by atoms with van der Waals surface area (Å²) in [7, 11) is 1.63. The number of amides is 1. The summed E-state index contributed by atoms with van der Waals surface area (Å²) in [5.74, 6) is 0.0667. The first kappa shape index (κ1) is 13.4. The van der Waals surface area contributed by atoms with E-state index in [-0.39, 0.29) is 11.9 Å². The van der Waals surface area contributed by atoms with Crippen molar-refractivity contribution in [1.82, 2.24) is 4.90 Å². The monoisotopic (exact) mass is 230 g/mol. The molecule has 1 saturated heterocycles. The van der Waals surface area contributed by atoms with Gasteiger partial charge in [0.1, 0.15) is 0 Å². The lowest BCUT2D eigenvalue weighted by Gasteiger charge is -2.32. The molecule has 1 rings (SSSR count). The third-order valence-corrected chi connectivity index (χ3v) is 3.24. The van der Waals surface area contributed by atoms with Crippen LogP contribution >= 0.6 is 0 Å². The summed E-state index contributed by atoms with van der Waals surface area (Å²) >= 11 is 0. The molecule has 0 bridgehead atoms. The van der Waals surface area contributed by atoms with Crippen LogP contribution in [-0.2, 0) is 14.3 Å². The normalized spacial score (nSPS) is 29.4. The maximum absolute atomic E-state index is 12.3. The second-order valence-electron chi connectivity index (χ2n) is 4.42. The Morgan fingerprint density at radius 2 is 2.38 bits per heavy atom. The van der Waals surface area contributed by atoms with Gasteiger partial charge in [0, 0.05) is 26.2 Å². The van der Waals surface area contributed by atoms with E-state index in [0.29, 0.717) is 32.9 Å². The van der Waals surface area contributed by atoms with Crippen LogP contribution in [0.4, 0.5) is 0 Å². The molecule has 1 aliphatic rings. The van der Waals surface area contributed by atoms with Crippen molar-refractivity contribution in [3.63, 3.8) is 0 Å². The molecule has 0 aromatic heterocycles. The van der Waals surface area contributed by atoms with Crippen LogP contribution in [0.5, 0.6) is 0 Å². The van der Waals surface area contributed by atoms with Gasteiger partial charge in [-0.05, 0) is 13.8 Å². The van der Waals surface area contributed by atoms with Crippen LogP contribution in [0.2, 0.25) is 0 Å². The molecule has 5 heteroatoms. The van der Waals surface area contributed by atoms with Crippen LogP contribution in [0.3, 0.4) is 0 Å². The van der Waals surface area contributed by atoms with Gasteiger partial charge in [-0.3, -0.25) is 4.79 Å². The highest BCUT2D eigenvalue weighted by molar-refractivity contribution is 5.83. The van der Waals surface area contributed by atoms with E-state index in [1.54, 1.807) is 12.0 Å². The molecular formula is C11H22N2O3. The Morgan fingerprint density at radius 1 is 1.69 bits per heavy atom. The highest BCUT2D eigenvalue weighted by atomic mass is 16.5. The van der Waals surface area contributed by atoms with Gasteiger partial charge in [-0.2, -0.15) is 0 Å². The lowest BCUT2D eigenvalue weighted by Crippen LogP contribution is -2.52. The average molecular weight is 230 g/mol. The molecule has 5 nitrogen and oxygen atoms in total. The van der Waals surface area contributed by atoms with Crippen LogP contribution in [0.1, 0.15) is 13.8 Å².